The lowest BCUT2D eigenvalue weighted by molar-refractivity contribution is 0.498. The lowest BCUT2D eigenvalue weighted by atomic mass is 9.86. The summed E-state index contributed by atoms with van der Waals surface area (Å²) in [5.41, 5.74) is 11.5. The van der Waals surface area contributed by atoms with Crippen LogP contribution in [0.25, 0.3) is 11.3 Å². The van der Waals surface area contributed by atoms with Crippen molar-refractivity contribution >= 4 is 5.69 Å². The monoisotopic (exact) mass is 227 g/mol. The molecular weight excluding hydrogens is 210 g/mol. The first-order chi connectivity index (χ1) is 8.24. The average Bonchev–Trinajstić information content (AvgIpc) is 2.73. The van der Waals surface area contributed by atoms with Crippen LogP contribution in [-0.4, -0.2) is 10.2 Å². The number of nitrogens with two attached hydrogens (primary N) is 1. The second kappa shape index (κ2) is 3.91. The summed E-state index contributed by atoms with van der Waals surface area (Å²) < 4.78 is 0. The van der Waals surface area contributed by atoms with Gasteiger partial charge in [-0.25, -0.2) is 0 Å². The number of anilines is 1. The van der Waals surface area contributed by atoms with Crippen LogP contribution < -0.4 is 5.73 Å². The van der Waals surface area contributed by atoms with Crippen molar-refractivity contribution in [2.24, 2.45) is 5.92 Å². The van der Waals surface area contributed by atoms with Crippen LogP contribution in [0.1, 0.15) is 24.6 Å². The van der Waals surface area contributed by atoms with Crippen LogP contribution in [0, 0.1) is 5.92 Å². The van der Waals surface area contributed by atoms with Crippen LogP contribution >= 0.6 is 0 Å². The minimum absolute atomic E-state index is 0.757. The van der Waals surface area contributed by atoms with Gasteiger partial charge >= 0.3 is 0 Å². The fourth-order valence-electron chi connectivity index (χ4n) is 2.55. The molecule has 1 unspecified atom stereocenters. The first kappa shape index (κ1) is 10.4. The van der Waals surface area contributed by atoms with Gasteiger partial charge < -0.3 is 5.73 Å². The van der Waals surface area contributed by atoms with Gasteiger partial charge in [0.25, 0.3) is 0 Å². The molecule has 0 fully saturated rings. The second-order valence-electron chi connectivity index (χ2n) is 5.00. The number of hydrogen-bond donors (Lipinski definition) is 2. The Morgan fingerprint density at radius 2 is 2.06 bits per heavy atom. The van der Waals surface area contributed by atoms with Gasteiger partial charge in [0.1, 0.15) is 0 Å². The number of aromatic amines is 1. The van der Waals surface area contributed by atoms with Gasteiger partial charge in [-0.15, -0.1) is 0 Å². The first-order valence-electron chi connectivity index (χ1n) is 6.16. The predicted molar refractivity (Wildman–Crippen MR) is 69.6 cm³/mol. The van der Waals surface area contributed by atoms with E-state index < -0.39 is 0 Å². The zero-order valence-corrected chi connectivity index (χ0v) is 10.0. The molecular formula is C14H17N3. The maximum absolute atomic E-state index is 5.71. The topological polar surface area (TPSA) is 54.7 Å². The number of hydrogen-bond acceptors (Lipinski definition) is 2. The summed E-state index contributed by atoms with van der Waals surface area (Å²) in [5.74, 6) is 0.757. The molecule has 1 aromatic heterocycles. The molecule has 1 atom stereocenters. The van der Waals surface area contributed by atoms with Gasteiger partial charge in [-0.05, 0) is 37.3 Å². The Morgan fingerprint density at radius 1 is 1.29 bits per heavy atom. The van der Waals surface area contributed by atoms with Gasteiger partial charge in [-0.3, -0.25) is 5.10 Å². The number of nitrogen functional groups attached to an aromatic ring is 1. The Kier molecular flexibility index (Phi) is 2.39. The summed E-state index contributed by atoms with van der Waals surface area (Å²) in [6.07, 6.45) is 3.51. The molecule has 3 heteroatoms. The number of benzene rings is 1. The molecule has 0 saturated heterocycles. The molecule has 3 N–H and O–H groups in total. The van der Waals surface area contributed by atoms with E-state index in [-0.39, 0.29) is 0 Å². The standard InChI is InChI=1S/C14H17N3/c1-9-2-7-13-12(8-9)14(17-16-13)10-3-5-11(15)6-4-10/h3-6,9H,2,7-8,15H2,1H3,(H,16,17). The molecule has 0 bridgehead atoms. The lowest BCUT2D eigenvalue weighted by Gasteiger charge is -2.18. The minimum Gasteiger partial charge on any atom is -0.399 e. The van der Waals surface area contributed by atoms with Crippen molar-refractivity contribution in [1.29, 1.82) is 0 Å². The SMILES string of the molecule is CC1CCc2[nH]nc(-c3ccc(N)cc3)c2C1. The third-order valence-corrected chi connectivity index (χ3v) is 3.58. The summed E-state index contributed by atoms with van der Waals surface area (Å²) in [5, 5.41) is 7.64. The zero-order valence-electron chi connectivity index (χ0n) is 10.0. The van der Waals surface area contributed by atoms with Gasteiger partial charge in [0.05, 0.1) is 5.69 Å². The molecule has 0 spiro atoms. The Labute approximate surface area is 101 Å². The number of aromatic nitrogens is 2. The van der Waals surface area contributed by atoms with Gasteiger partial charge in [0.15, 0.2) is 0 Å². The fourth-order valence-corrected chi connectivity index (χ4v) is 2.55. The highest BCUT2D eigenvalue weighted by atomic mass is 15.1. The Morgan fingerprint density at radius 3 is 2.82 bits per heavy atom. The molecule has 3 rings (SSSR count). The van der Waals surface area contributed by atoms with E-state index in [1.165, 1.54) is 17.7 Å². The number of aryl methyl sites for hydroxylation is 1. The summed E-state index contributed by atoms with van der Waals surface area (Å²) in [4.78, 5) is 0. The molecule has 1 aromatic carbocycles. The molecule has 3 nitrogen and oxygen atoms in total. The van der Waals surface area contributed by atoms with Crippen molar-refractivity contribution < 1.29 is 0 Å². The van der Waals surface area contributed by atoms with E-state index in [0.717, 1.165) is 35.7 Å². The van der Waals surface area contributed by atoms with Crippen molar-refractivity contribution in [2.75, 3.05) is 5.73 Å². The van der Waals surface area contributed by atoms with E-state index in [1.54, 1.807) is 0 Å². The number of H-pyrrole nitrogens is 1. The van der Waals surface area contributed by atoms with E-state index >= 15 is 0 Å². The largest absolute Gasteiger partial charge is 0.399 e. The predicted octanol–water partition coefficient (Wildman–Crippen LogP) is 2.78. The molecule has 0 amide bonds. The molecule has 17 heavy (non-hydrogen) atoms. The number of rotatable bonds is 1. The minimum atomic E-state index is 0.757. The summed E-state index contributed by atoms with van der Waals surface area (Å²) >= 11 is 0. The quantitative estimate of drug-likeness (QED) is 0.736. The van der Waals surface area contributed by atoms with Crippen LogP contribution in [0.15, 0.2) is 24.3 Å². The summed E-state index contributed by atoms with van der Waals surface area (Å²) in [7, 11) is 0. The van der Waals surface area contributed by atoms with Crippen molar-refractivity contribution in [1.82, 2.24) is 10.2 Å². The molecule has 0 saturated carbocycles. The van der Waals surface area contributed by atoms with E-state index in [2.05, 4.69) is 17.1 Å². The van der Waals surface area contributed by atoms with Gasteiger partial charge in [0.2, 0.25) is 0 Å². The smallest absolute Gasteiger partial charge is 0.0955 e. The molecule has 88 valence electrons. The van der Waals surface area contributed by atoms with Crippen LogP contribution in [0.3, 0.4) is 0 Å². The third kappa shape index (κ3) is 1.82. The second-order valence-corrected chi connectivity index (χ2v) is 5.00. The van der Waals surface area contributed by atoms with Gasteiger partial charge in [0, 0.05) is 22.5 Å². The van der Waals surface area contributed by atoms with Crippen LogP contribution in [-0.2, 0) is 12.8 Å². The first-order valence-corrected chi connectivity index (χ1v) is 6.16. The van der Waals surface area contributed by atoms with Gasteiger partial charge in [-0.1, -0.05) is 19.1 Å². The molecule has 1 heterocycles. The van der Waals surface area contributed by atoms with Crippen LogP contribution in [0.5, 0.6) is 0 Å². The van der Waals surface area contributed by atoms with Crippen molar-refractivity contribution in [3.63, 3.8) is 0 Å². The molecule has 2 aromatic rings. The third-order valence-electron chi connectivity index (χ3n) is 3.58. The maximum atomic E-state index is 5.71. The molecule has 1 aliphatic carbocycles. The van der Waals surface area contributed by atoms with E-state index in [4.69, 9.17) is 5.73 Å². The summed E-state index contributed by atoms with van der Waals surface area (Å²) in [6, 6.07) is 7.96. The molecule has 0 radical (unpaired) electrons. The van der Waals surface area contributed by atoms with Gasteiger partial charge in [-0.2, -0.15) is 5.10 Å². The number of nitrogens with one attached hydrogen (secondary N) is 1. The number of nitrogens with zero attached hydrogens (tertiary/aromatic N) is 1. The summed E-state index contributed by atoms with van der Waals surface area (Å²) in [6.45, 7) is 2.31. The molecule has 1 aliphatic rings. The van der Waals surface area contributed by atoms with Crippen molar-refractivity contribution in [2.45, 2.75) is 26.2 Å². The highest BCUT2D eigenvalue weighted by Gasteiger charge is 2.21. The highest BCUT2D eigenvalue weighted by molar-refractivity contribution is 5.66. The van der Waals surface area contributed by atoms with E-state index in [1.807, 2.05) is 24.3 Å². The fraction of sp³-hybridized carbons (Fsp3) is 0.357. The van der Waals surface area contributed by atoms with Crippen molar-refractivity contribution in [3.8, 4) is 11.3 Å². The van der Waals surface area contributed by atoms with E-state index in [9.17, 15) is 0 Å². The molecule has 0 aliphatic heterocycles. The number of fused-ring (bicyclic) bond motifs is 1. The normalized spacial score (nSPS) is 19.0. The highest BCUT2D eigenvalue weighted by Crippen LogP contribution is 2.31. The maximum Gasteiger partial charge on any atom is 0.0955 e. The zero-order chi connectivity index (χ0) is 11.8. The average molecular weight is 227 g/mol. The van der Waals surface area contributed by atoms with E-state index in [0.29, 0.717) is 0 Å². The Hall–Kier alpha value is -1.77. The van der Waals surface area contributed by atoms with Crippen LogP contribution in [0.2, 0.25) is 0 Å². The Balaban J connectivity index is 2.04. The van der Waals surface area contributed by atoms with Crippen LogP contribution in [0.4, 0.5) is 5.69 Å². The van der Waals surface area contributed by atoms with Crippen molar-refractivity contribution in [3.05, 3.63) is 35.5 Å². The Bertz CT molecular complexity index is 525. The lowest BCUT2D eigenvalue weighted by Crippen LogP contribution is -2.10.